The Morgan fingerprint density at radius 3 is 2.40 bits per heavy atom. The quantitative estimate of drug-likeness (QED) is 0.763. The Hall–Kier alpha value is -0.570. The molecule has 0 aromatic carbocycles. The van der Waals surface area contributed by atoms with Gasteiger partial charge in [0.2, 0.25) is 5.91 Å². The monoisotopic (exact) mass is 210 g/mol. The molecule has 1 amide bonds. The van der Waals surface area contributed by atoms with Crippen molar-refractivity contribution in [3.8, 4) is 0 Å². The van der Waals surface area contributed by atoms with Gasteiger partial charge in [0.25, 0.3) is 0 Å². The summed E-state index contributed by atoms with van der Waals surface area (Å²) in [7, 11) is 0. The average molecular weight is 210 g/mol. The predicted octanol–water partition coefficient (Wildman–Crippen LogP) is 1.53. The first-order chi connectivity index (χ1) is 7.34. The molecule has 1 saturated carbocycles. The highest BCUT2D eigenvalue weighted by Crippen LogP contribution is 2.18. The van der Waals surface area contributed by atoms with E-state index in [2.05, 4.69) is 10.2 Å². The minimum Gasteiger partial charge on any atom is -0.353 e. The van der Waals surface area contributed by atoms with Gasteiger partial charge in [-0.05, 0) is 38.8 Å². The minimum absolute atomic E-state index is 0.252. The second kappa shape index (κ2) is 5.50. The van der Waals surface area contributed by atoms with Gasteiger partial charge >= 0.3 is 0 Å². The number of rotatable bonds is 4. The third-order valence-electron chi connectivity index (χ3n) is 3.30. The van der Waals surface area contributed by atoms with Crippen LogP contribution in [0.1, 0.15) is 44.9 Å². The molecule has 1 saturated heterocycles. The molecule has 0 spiro atoms. The summed E-state index contributed by atoms with van der Waals surface area (Å²) < 4.78 is 0. The molecule has 1 heterocycles. The molecular weight excluding hydrogens is 188 g/mol. The first-order valence-electron chi connectivity index (χ1n) is 6.36. The molecule has 0 radical (unpaired) electrons. The Balaban J connectivity index is 1.60. The Labute approximate surface area is 92.2 Å². The number of carbonyl (C=O) groups excluding carboxylic acids is 1. The summed E-state index contributed by atoms with van der Waals surface area (Å²) in [6.07, 6.45) is 8.42. The fourth-order valence-corrected chi connectivity index (χ4v) is 2.15. The first-order valence-corrected chi connectivity index (χ1v) is 6.36. The highest BCUT2D eigenvalue weighted by molar-refractivity contribution is 5.76. The number of amides is 1. The Morgan fingerprint density at radius 2 is 1.80 bits per heavy atom. The van der Waals surface area contributed by atoms with Gasteiger partial charge < -0.3 is 10.2 Å². The SMILES string of the molecule is O=C(CCN1CCCCCC1)NC1CC1. The van der Waals surface area contributed by atoms with Gasteiger partial charge in [-0.15, -0.1) is 0 Å². The molecule has 2 aliphatic rings. The molecule has 1 aliphatic heterocycles. The van der Waals surface area contributed by atoms with E-state index in [9.17, 15) is 4.79 Å². The van der Waals surface area contributed by atoms with Crippen molar-refractivity contribution in [2.75, 3.05) is 19.6 Å². The highest BCUT2D eigenvalue weighted by atomic mass is 16.1. The molecule has 1 aliphatic carbocycles. The topological polar surface area (TPSA) is 32.3 Å². The molecule has 2 fully saturated rings. The molecule has 3 heteroatoms. The number of hydrogen-bond donors (Lipinski definition) is 1. The van der Waals surface area contributed by atoms with E-state index in [1.165, 1.54) is 51.6 Å². The van der Waals surface area contributed by atoms with E-state index in [-0.39, 0.29) is 5.91 Å². The summed E-state index contributed by atoms with van der Waals surface area (Å²) in [5.41, 5.74) is 0. The van der Waals surface area contributed by atoms with Crippen molar-refractivity contribution < 1.29 is 4.79 Å². The maximum atomic E-state index is 11.5. The predicted molar refractivity (Wildman–Crippen MR) is 60.7 cm³/mol. The first kappa shape index (κ1) is 10.9. The summed E-state index contributed by atoms with van der Waals surface area (Å²) in [4.78, 5) is 13.9. The third-order valence-corrected chi connectivity index (χ3v) is 3.30. The number of hydrogen-bond acceptors (Lipinski definition) is 2. The highest BCUT2D eigenvalue weighted by Gasteiger charge is 2.23. The van der Waals surface area contributed by atoms with Crippen LogP contribution in [0.25, 0.3) is 0 Å². The van der Waals surface area contributed by atoms with Crippen LogP contribution in [-0.2, 0) is 4.79 Å². The zero-order chi connectivity index (χ0) is 10.5. The van der Waals surface area contributed by atoms with Crippen molar-refractivity contribution in [1.29, 1.82) is 0 Å². The summed E-state index contributed by atoms with van der Waals surface area (Å²) >= 11 is 0. The van der Waals surface area contributed by atoms with Crippen LogP contribution < -0.4 is 5.32 Å². The molecule has 3 nitrogen and oxygen atoms in total. The smallest absolute Gasteiger partial charge is 0.221 e. The molecule has 2 rings (SSSR count). The van der Waals surface area contributed by atoms with Crippen LogP contribution in [0.4, 0.5) is 0 Å². The fraction of sp³-hybridized carbons (Fsp3) is 0.917. The van der Waals surface area contributed by atoms with Gasteiger partial charge in [0.1, 0.15) is 0 Å². The second-order valence-corrected chi connectivity index (χ2v) is 4.85. The lowest BCUT2D eigenvalue weighted by molar-refractivity contribution is -0.121. The van der Waals surface area contributed by atoms with Crippen LogP contribution >= 0.6 is 0 Å². The summed E-state index contributed by atoms with van der Waals surface area (Å²) in [5.74, 6) is 0.252. The molecule has 0 unspecified atom stereocenters. The van der Waals surface area contributed by atoms with Gasteiger partial charge in [-0.3, -0.25) is 4.79 Å². The van der Waals surface area contributed by atoms with Crippen LogP contribution in [-0.4, -0.2) is 36.5 Å². The van der Waals surface area contributed by atoms with Crippen LogP contribution in [0.3, 0.4) is 0 Å². The molecule has 0 atom stereocenters. The van der Waals surface area contributed by atoms with E-state index in [1.54, 1.807) is 0 Å². The average Bonchev–Trinajstić information content (AvgIpc) is 3.01. The van der Waals surface area contributed by atoms with Crippen LogP contribution in [0.15, 0.2) is 0 Å². The number of nitrogens with one attached hydrogen (secondary N) is 1. The van der Waals surface area contributed by atoms with Gasteiger partial charge in [0, 0.05) is 19.0 Å². The van der Waals surface area contributed by atoms with Crippen LogP contribution in [0.2, 0.25) is 0 Å². The normalized spacial score (nSPS) is 23.5. The van der Waals surface area contributed by atoms with Crippen LogP contribution in [0.5, 0.6) is 0 Å². The summed E-state index contributed by atoms with van der Waals surface area (Å²) in [6.45, 7) is 3.34. The van der Waals surface area contributed by atoms with Gasteiger partial charge in [-0.25, -0.2) is 0 Å². The number of likely N-dealkylation sites (tertiary alicyclic amines) is 1. The maximum Gasteiger partial charge on any atom is 0.221 e. The molecular formula is C12H22N2O. The van der Waals surface area contributed by atoms with E-state index in [0.717, 1.165) is 6.54 Å². The van der Waals surface area contributed by atoms with Gasteiger partial charge in [0.15, 0.2) is 0 Å². The lowest BCUT2D eigenvalue weighted by Gasteiger charge is -2.19. The van der Waals surface area contributed by atoms with Crippen molar-refractivity contribution >= 4 is 5.91 Å². The Kier molecular flexibility index (Phi) is 4.01. The van der Waals surface area contributed by atoms with E-state index >= 15 is 0 Å². The molecule has 0 aromatic heterocycles. The maximum absolute atomic E-state index is 11.5. The molecule has 0 aromatic rings. The third kappa shape index (κ3) is 4.20. The summed E-state index contributed by atoms with van der Waals surface area (Å²) in [6, 6.07) is 0.515. The van der Waals surface area contributed by atoms with Gasteiger partial charge in [-0.2, -0.15) is 0 Å². The zero-order valence-electron chi connectivity index (χ0n) is 9.50. The lowest BCUT2D eigenvalue weighted by Crippen LogP contribution is -2.32. The van der Waals surface area contributed by atoms with E-state index < -0.39 is 0 Å². The lowest BCUT2D eigenvalue weighted by atomic mass is 10.2. The number of nitrogens with zero attached hydrogens (tertiary/aromatic N) is 1. The second-order valence-electron chi connectivity index (χ2n) is 4.85. The van der Waals surface area contributed by atoms with E-state index in [0.29, 0.717) is 12.5 Å². The fourth-order valence-electron chi connectivity index (χ4n) is 2.15. The van der Waals surface area contributed by atoms with Crippen molar-refractivity contribution in [1.82, 2.24) is 10.2 Å². The number of carbonyl (C=O) groups is 1. The minimum atomic E-state index is 0.252. The van der Waals surface area contributed by atoms with E-state index in [1.807, 2.05) is 0 Å². The Morgan fingerprint density at radius 1 is 1.13 bits per heavy atom. The van der Waals surface area contributed by atoms with Crippen molar-refractivity contribution in [3.63, 3.8) is 0 Å². The molecule has 15 heavy (non-hydrogen) atoms. The molecule has 86 valence electrons. The standard InChI is InChI=1S/C12H22N2O/c15-12(13-11-5-6-11)7-10-14-8-3-1-2-4-9-14/h11H,1-10H2,(H,13,15). The molecule has 1 N–H and O–H groups in total. The Bertz CT molecular complexity index is 206. The van der Waals surface area contributed by atoms with E-state index in [4.69, 9.17) is 0 Å². The van der Waals surface area contributed by atoms with Crippen molar-refractivity contribution in [2.24, 2.45) is 0 Å². The van der Waals surface area contributed by atoms with Crippen LogP contribution in [0, 0.1) is 0 Å². The zero-order valence-corrected chi connectivity index (χ0v) is 9.50. The van der Waals surface area contributed by atoms with Gasteiger partial charge in [-0.1, -0.05) is 12.8 Å². The summed E-state index contributed by atoms with van der Waals surface area (Å²) in [5, 5.41) is 3.04. The van der Waals surface area contributed by atoms with Gasteiger partial charge in [0.05, 0.1) is 0 Å². The largest absolute Gasteiger partial charge is 0.353 e. The van der Waals surface area contributed by atoms with Crippen molar-refractivity contribution in [3.05, 3.63) is 0 Å². The molecule has 0 bridgehead atoms. The van der Waals surface area contributed by atoms with Crippen molar-refractivity contribution in [2.45, 2.75) is 51.0 Å².